The summed E-state index contributed by atoms with van der Waals surface area (Å²) in [7, 11) is 0. The summed E-state index contributed by atoms with van der Waals surface area (Å²) in [5, 5.41) is 12.1. The van der Waals surface area contributed by atoms with Crippen molar-refractivity contribution < 1.29 is 14.3 Å². The molecule has 0 aliphatic heterocycles. The van der Waals surface area contributed by atoms with Crippen LogP contribution in [0.5, 0.6) is 0 Å². The number of oxazole rings is 1. The van der Waals surface area contributed by atoms with E-state index in [1.165, 1.54) is 19.1 Å². The van der Waals surface area contributed by atoms with Crippen molar-refractivity contribution in [2.75, 3.05) is 6.54 Å². The zero-order valence-corrected chi connectivity index (χ0v) is 9.72. The Morgan fingerprint density at radius 2 is 2.47 bits per heavy atom. The monoisotopic (exact) mass is 239 g/mol. The van der Waals surface area contributed by atoms with Crippen molar-refractivity contribution in [3.8, 4) is 0 Å². The molecule has 6 heteroatoms. The van der Waals surface area contributed by atoms with Gasteiger partial charge in [0.2, 0.25) is 5.89 Å². The van der Waals surface area contributed by atoms with Crippen molar-refractivity contribution in [1.82, 2.24) is 10.3 Å². The molecule has 17 heavy (non-hydrogen) atoms. The smallest absolute Gasteiger partial charge is 0.273 e. The van der Waals surface area contributed by atoms with Gasteiger partial charge in [0.1, 0.15) is 12.3 Å². The molecule has 2 rings (SSSR count). The molecule has 4 N–H and O–H groups in total. The van der Waals surface area contributed by atoms with Gasteiger partial charge < -0.3 is 20.6 Å². The summed E-state index contributed by atoms with van der Waals surface area (Å²) < 4.78 is 5.07. The summed E-state index contributed by atoms with van der Waals surface area (Å²) in [5.41, 5.74) is 5.85. The molecule has 1 heterocycles. The maximum Gasteiger partial charge on any atom is 0.273 e. The highest BCUT2D eigenvalue weighted by molar-refractivity contribution is 5.91. The Morgan fingerprint density at radius 3 is 3.06 bits per heavy atom. The molecular formula is C11H17N3O3. The van der Waals surface area contributed by atoms with Crippen LogP contribution in [0.25, 0.3) is 0 Å². The molecule has 94 valence electrons. The van der Waals surface area contributed by atoms with Crippen LogP contribution in [0, 0.1) is 5.92 Å². The Balaban J connectivity index is 1.94. The van der Waals surface area contributed by atoms with Gasteiger partial charge in [-0.3, -0.25) is 4.79 Å². The van der Waals surface area contributed by atoms with E-state index in [0.717, 1.165) is 0 Å². The molecule has 1 amide bonds. The van der Waals surface area contributed by atoms with E-state index in [4.69, 9.17) is 10.2 Å². The third-order valence-electron chi connectivity index (χ3n) is 2.81. The third kappa shape index (κ3) is 3.04. The zero-order chi connectivity index (χ0) is 12.4. The average Bonchev–Trinajstić information content (AvgIpc) is 3.00. The van der Waals surface area contributed by atoms with Crippen molar-refractivity contribution in [3.05, 3.63) is 17.8 Å². The fourth-order valence-corrected chi connectivity index (χ4v) is 1.40. The predicted octanol–water partition coefficient (Wildman–Crippen LogP) is 0.195. The normalized spacial score (nSPS) is 18.8. The van der Waals surface area contributed by atoms with E-state index in [1.54, 1.807) is 6.92 Å². The van der Waals surface area contributed by atoms with Crippen LogP contribution < -0.4 is 11.1 Å². The topological polar surface area (TPSA) is 101 Å². The van der Waals surface area contributed by atoms with Gasteiger partial charge in [-0.15, -0.1) is 0 Å². The second-order valence-corrected chi connectivity index (χ2v) is 4.49. The first-order valence-electron chi connectivity index (χ1n) is 5.75. The SMILES string of the molecule is CC(O)C(N)c1nc(C(=O)NCC2CC2)co1. The van der Waals surface area contributed by atoms with Crippen LogP contribution >= 0.6 is 0 Å². The number of amides is 1. The number of hydrogen-bond acceptors (Lipinski definition) is 5. The van der Waals surface area contributed by atoms with Gasteiger partial charge >= 0.3 is 0 Å². The van der Waals surface area contributed by atoms with Gasteiger partial charge in [0.05, 0.1) is 6.10 Å². The van der Waals surface area contributed by atoms with E-state index >= 15 is 0 Å². The van der Waals surface area contributed by atoms with Crippen molar-refractivity contribution in [3.63, 3.8) is 0 Å². The summed E-state index contributed by atoms with van der Waals surface area (Å²) in [6.45, 7) is 2.23. The van der Waals surface area contributed by atoms with Crippen molar-refractivity contribution >= 4 is 5.91 Å². The highest BCUT2D eigenvalue weighted by Gasteiger charge is 2.24. The highest BCUT2D eigenvalue weighted by atomic mass is 16.3. The quantitative estimate of drug-likeness (QED) is 0.681. The predicted molar refractivity (Wildman–Crippen MR) is 60.2 cm³/mol. The van der Waals surface area contributed by atoms with Crippen LogP contribution in [-0.4, -0.2) is 28.6 Å². The van der Waals surface area contributed by atoms with Crippen LogP contribution in [0.15, 0.2) is 10.7 Å². The number of nitrogens with one attached hydrogen (secondary N) is 1. The van der Waals surface area contributed by atoms with Gasteiger partial charge in [-0.1, -0.05) is 0 Å². The third-order valence-corrected chi connectivity index (χ3v) is 2.81. The molecular weight excluding hydrogens is 222 g/mol. The number of nitrogens with two attached hydrogens (primary N) is 1. The van der Waals surface area contributed by atoms with E-state index in [-0.39, 0.29) is 17.5 Å². The molecule has 1 aromatic rings. The fraction of sp³-hybridized carbons (Fsp3) is 0.636. The van der Waals surface area contributed by atoms with E-state index in [9.17, 15) is 9.90 Å². The molecule has 1 aliphatic carbocycles. The lowest BCUT2D eigenvalue weighted by Crippen LogP contribution is -2.26. The number of carbonyl (C=O) groups is 1. The van der Waals surface area contributed by atoms with Crippen LogP contribution in [0.4, 0.5) is 0 Å². The number of aromatic nitrogens is 1. The number of rotatable bonds is 5. The molecule has 1 saturated carbocycles. The van der Waals surface area contributed by atoms with Gasteiger partial charge in [0.25, 0.3) is 5.91 Å². The number of hydrogen-bond donors (Lipinski definition) is 3. The first-order chi connectivity index (χ1) is 8.08. The maximum absolute atomic E-state index is 11.6. The van der Waals surface area contributed by atoms with Gasteiger partial charge in [-0.2, -0.15) is 0 Å². The van der Waals surface area contributed by atoms with Crippen molar-refractivity contribution in [2.45, 2.75) is 31.9 Å². The van der Waals surface area contributed by atoms with Crippen LogP contribution in [0.2, 0.25) is 0 Å². The Hall–Kier alpha value is -1.40. The molecule has 6 nitrogen and oxygen atoms in total. The minimum atomic E-state index is -0.768. The van der Waals surface area contributed by atoms with E-state index in [1.807, 2.05) is 0 Å². The molecule has 2 unspecified atom stereocenters. The Kier molecular flexibility index (Phi) is 3.44. The number of aliphatic hydroxyl groups is 1. The summed E-state index contributed by atoms with van der Waals surface area (Å²) in [4.78, 5) is 15.6. The van der Waals surface area contributed by atoms with Gasteiger partial charge in [-0.05, 0) is 25.7 Å². The number of aliphatic hydroxyl groups excluding tert-OH is 1. The maximum atomic E-state index is 11.6. The fourth-order valence-electron chi connectivity index (χ4n) is 1.40. The summed E-state index contributed by atoms with van der Waals surface area (Å²) in [6, 6.07) is -0.708. The van der Waals surface area contributed by atoms with E-state index in [0.29, 0.717) is 12.5 Å². The molecule has 0 saturated heterocycles. The van der Waals surface area contributed by atoms with Gasteiger partial charge in [0.15, 0.2) is 5.69 Å². The van der Waals surface area contributed by atoms with Crippen molar-refractivity contribution in [1.29, 1.82) is 0 Å². The highest BCUT2D eigenvalue weighted by Crippen LogP contribution is 2.27. The van der Waals surface area contributed by atoms with Crippen LogP contribution in [-0.2, 0) is 0 Å². The molecule has 1 aliphatic rings. The van der Waals surface area contributed by atoms with Gasteiger partial charge in [0, 0.05) is 6.54 Å². The summed E-state index contributed by atoms with van der Waals surface area (Å²) in [6.07, 6.45) is 2.85. The van der Waals surface area contributed by atoms with Crippen LogP contribution in [0.3, 0.4) is 0 Å². The number of nitrogens with zero attached hydrogens (tertiary/aromatic N) is 1. The minimum Gasteiger partial charge on any atom is -0.446 e. The standard InChI is InChI=1S/C11H17N3O3/c1-6(15)9(12)11-14-8(5-17-11)10(16)13-4-7-2-3-7/h5-7,9,15H,2-4,12H2,1H3,(H,13,16). The molecule has 1 aromatic heterocycles. The second-order valence-electron chi connectivity index (χ2n) is 4.49. The largest absolute Gasteiger partial charge is 0.446 e. The lowest BCUT2D eigenvalue weighted by Gasteiger charge is -2.09. The van der Waals surface area contributed by atoms with E-state index < -0.39 is 12.1 Å². The molecule has 0 bridgehead atoms. The molecule has 0 spiro atoms. The second kappa shape index (κ2) is 4.85. The van der Waals surface area contributed by atoms with Crippen LogP contribution in [0.1, 0.15) is 42.2 Å². The van der Waals surface area contributed by atoms with Gasteiger partial charge in [-0.25, -0.2) is 4.98 Å². The summed E-state index contributed by atoms with van der Waals surface area (Å²) in [5.74, 6) is 0.534. The molecule has 0 aromatic carbocycles. The van der Waals surface area contributed by atoms with E-state index in [2.05, 4.69) is 10.3 Å². The lowest BCUT2D eigenvalue weighted by atomic mass is 10.2. The summed E-state index contributed by atoms with van der Waals surface area (Å²) >= 11 is 0. The minimum absolute atomic E-state index is 0.177. The molecule has 0 radical (unpaired) electrons. The Morgan fingerprint density at radius 1 is 1.76 bits per heavy atom. The first kappa shape index (κ1) is 12.1. The molecule has 2 atom stereocenters. The Labute approximate surface area is 99.2 Å². The zero-order valence-electron chi connectivity index (χ0n) is 9.72. The average molecular weight is 239 g/mol. The number of carbonyl (C=O) groups excluding carboxylic acids is 1. The first-order valence-corrected chi connectivity index (χ1v) is 5.75. The van der Waals surface area contributed by atoms with Crippen molar-refractivity contribution in [2.24, 2.45) is 11.7 Å². The molecule has 1 fully saturated rings. The Bertz CT molecular complexity index is 398. The lowest BCUT2D eigenvalue weighted by molar-refractivity contribution is 0.0946.